The van der Waals surface area contributed by atoms with Gasteiger partial charge in [-0.3, -0.25) is 9.59 Å². The summed E-state index contributed by atoms with van der Waals surface area (Å²) in [7, 11) is 0. The molecule has 6 rings (SSSR count). The Morgan fingerprint density at radius 1 is 1.22 bits per heavy atom. The molecule has 1 amide bonds. The van der Waals surface area contributed by atoms with Gasteiger partial charge < -0.3 is 15.0 Å². The van der Waals surface area contributed by atoms with Crippen molar-refractivity contribution < 1.29 is 9.90 Å². The number of halogens is 1. The fourth-order valence-corrected chi connectivity index (χ4v) is 6.76. The average molecular weight is 539 g/mol. The molecule has 0 bridgehead atoms. The number of aliphatic hydroxyl groups is 1. The number of hydrogen-bond acceptors (Lipinski definition) is 7. The summed E-state index contributed by atoms with van der Waals surface area (Å²) in [6.45, 7) is 0.561. The first kappa shape index (κ1) is 23.5. The monoisotopic (exact) mass is 538 g/mol. The highest BCUT2D eigenvalue weighted by molar-refractivity contribution is 7.10. The lowest BCUT2D eigenvalue weighted by Crippen LogP contribution is -2.36. The Labute approximate surface area is 220 Å². The molecule has 2 aliphatic rings. The fraction of sp³-hybridized carbons (Fsp3) is 0.308. The van der Waals surface area contributed by atoms with Crippen LogP contribution in [0, 0.1) is 0 Å². The Balaban J connectivity index is 1.27. The van der Waals surface area contributed by atoms with Crippen molar-refractivity contribution >= 4 is 40.4 Å². The van der Waals surface area contributed by atoms with Crippen LogP contribution in [-0.4, -0.2) is 36.8 Å². The number of hydrogen-bond donors (Lipinski definition) is 2. The molecule has 0 saturated heterocycles. The van der Waals surface area contributed by atoms with E-state index in [0.717, 1.165) is 29.7 Å². The SMILES string of the molecule is O=C(C(O)c1cccc(Cl)c1)N1CCCc2nc(C3(c4cc(-c5cnsc5)cs4)CC3)[nH]c(=O)c2C1. The van der Waals surface area contributed by atoms with Crippen molar-refractivity contribution in [3.05, 3.63) is 90.2 Å². The number of aromatic amines is 1. The van der Waals surface area contributed by atoms with Crippen LogP contribution in [0.2, 0.25) is 5.02 Å². The van der Waals surface area contributed by atoms with Gasteiger partial charge in [0.25, 0.3) is 11.5 Å². The van der Waals surface area contributed by atoms with E-state index >= 15 is 0 Å². The third kappa shape index (κ3) is 4.20. The molecule has 0 radical (unpaired) electrons. The lowest BCUT2D eigenvalue weighted by atomic mass is 10.0. The molecule has 1 unspecified atom stereocenters. The number of rotatable bonds is 5. The molecule has 1 aromatic carbocycles. The van der Waals surface area contributed by atoms with Gasteiger partial charge in [0.15, 0.2) is 6.10 Å². The molecule has 0 spiro atoms. The molecule has 4 aromatic rings. The lowest BCUT2D eigenvalue weighted by molar-refractivity contribution is -0.141. The van der Waals surface area contributed by atoms with Crippen LogP contribution in [0.25, 0.3) is 11.1 Å². The summed E-state index contributed by atoms with van der Waals surface area (Å²) in [4.78, 5) is 37.1. The zero-order chi connectivity index (χ0) is 24.9. The zero-order valence-corrected chi connectivity index (χ0v) is 21.6. The van der Waals surface area contributed by atoms with E-state index in [2.05, 4.69) is 20.8 Å². The number of nitrogens with zero attached hydrogens (tertiary/aromatic N) is 3. The highest BCUT2D eigenvalue weighted by Gasteiger charge is 2.50. The van der Waals surface area contributed by atoms with E-state index in [9.17, 15) is 14.7 Å². The smallest absolute Gasteiger partial charge is 0.256 e. The molecule has 1 fully saturated rings. The molecule has 1 atom stereocenters. The quantitative estimate of drug-likeness (QED) is 0.384. The number of aryl methyl sites for hydroxylation is 1. The van der Waals surface area contributed by atoms with Crippen LogP contribution in [0.3, 0.4) is 0 Å². The summed E-state index contributed by atoms with van der Waals surface area (Å²) >= 11 is 9.15. The maximum atomic E-state index is 13.3. The largest absolute Gasteiger partial charge is 0.378 e. The number of nitrogens with one attached hydrogen (secondary N) is 1. The van der Waals surface area contributed by atoms with Gasteiger partial charge in [0.1, 0.15) is 5.82 Å². The van der Waals surface area contributed by atoms with Crippen LogP contribution in [-0.2, 0) is 23.2 Å². The summed E-state index contributed by atoms with van der Waals surface area (Å²) < 4.78 is 4.20. The van der Waals surface area contributed by atoms with E-state index in [-0.39, 0.29) is 17.5 Å². The van der Waals surface area contributed by atoms with E-state index in [4.69, 9.17) is 16.6 Å². The maximum Gasteiger partial charge on any atom is 0.256 e. The predicted molar refractivity (Wildman–Crippen MR) is 140 cm³/mol. The van der Waals surface area contributed by atoms with Gasteiger partial charge in [0.05, 0.1) is 23.2 Å². The van der Waals surface area contributed by atoms with Gasteiger partial charge in [-0.15, -0.1) is 11.3 Å². The van der Waals surface area contributed by atoms with Crippen molar-refractivity contribution in [1.82, 2.24) is 19.2 Å². The number of fused-ring (bicyclic) bond motifs is 1. The van der Waals surface area contributed by atoms with Gasteiger partial charge in [-0.2, -0.15) is 0 Å². The van der Waals surface area contributed by atoms with E-state index in [1.165, 1.54) is 16.4 Å². The molecule has 1 aliphatic carbocycles. The predicted octanol–water partition coefficient (Wildman–Crippen LogP) is 4.70. The lowest BCUT2D eigenvalue weighted by Gasteiger charge is -2.24. The van der Waals surface area contributed by atoms with E-state index in [1.54, 1.807) is 40.5 Å². The summed E-state index contributed by atoms with van der Waals surface area (Å²) in [6, 6.07) is 8.82. The second-order valence-electron chi connectivity index (χ2n) is 9.36. The number of aromatic nitrogens is 3. The molecular formula is C26H23ClN4O3S2. The topological polar surface area (TPSA) is 99.2 Å². The van der Waals surface area contributed by atoms with Crippen LogP contribution in [0.15, 0.2) is 52.1 Å². The summed E-state index contributed by atoms with van der Waals surface area (Å²) in [5.74, 6) is 0.267. The summed E-state index contributed by atoms with van der Waals surface area (Å²) in [5.41, 5.74) is 3.44. The third-order valence-corrected chi connectivity index (χ3v) is 9.00. The number of carbonyl (C=O) groups excluding carboxylic acids is 1. The minimum absolute atomic E-state index is 0.121. The minimum Gasteiger partial charge on any atom is -0.378 e. The van der Waals surface area contributed by atoms with Crippen molar-refractivity contribution in [3.63, 3.8) is 0 Å². The summed E-state index contributed by atoms with van der Waals surface area (Å²) in [5, 5.41) is 15.3. The van der Waals surface area contributed by atoms with Gasteiger partial charge in [0, 0.05) is 33.6 Å². The normalized spacial score (nSPS) is 17.3. The molecule has 36 heavy (non-hydrogen) atoms. The molecule has 2 N–H and O–H groups in total. The second-order valence-corrected chi connectivity index (χ2v) is 11.4. The van der Waals surface area contributed by atoms with Gasteiger partial charge in [0.2, 0.25) is 0 Å². The van der Waals surface area contributed by atoms with E-state index in [1.807, 2.05) is 11.6 Å². The first-order valence-electron chi connectivity index (χ1n) is 11.8. The van der Waals surface area contributed by atoms with Crippen molar-refractivity contribution in [1.29, 1.82) is 0 Å². The molecule has 7 nitrogen and oxygen atoms in total. The molecule has 1 aliphatic heterocycles. The van der Waals surface area contributed by atoms with Gasteiger partial charge in [-0.05, 0) is 71.9 Å². The molecule has 10 heteroatoms. The van der Waals surface area contributed by atoms with E-state index < -0.39 is 12.0 Å². The molecule has 1 saturated carbocycles. The standard InChI is InChI=1S/C26H23ClN4O3S2/c27-18-4-1-3-15(9-18)22(32)24(34)31-8-2-5-20-19(12-31)23(33)30-25(29-20)26(6-7-26)21-10-16(13-35-21)17-11-28-36-14-17/h1,3-4,9-11,13-14,22,32H,2,5-8,12H2,(H,29,30,33). The molecule has 3 aromatic heterocycles. The number of H-pyrrole nitrogens is 1. The fourth-order valence-electron chi connectivity index (χ4n) is 4.84. The van der Waals surface area contributed by atoms with Crippen molar-refractivity contribution in [2.45, 2.75) is 43.7 Å². The van der Waals surface area contributed by atoms with Crippen LogP contribution < -0.4 is 5.56 Å². The van der Waals surface area contributed by atoms with Gasteiger partial charge in [-0.1, -0.05) is 23.7 Å². The third-order valence-electron chi connectivity index (χ3n) is 7.04. The number of benzene rings is 1. The van der Waals surface area contributed by atoms with Gasteiger partial charge in [-0.25, -0.2) is 9.36 Å². The summed E-state index contributed by atoms with van der Waals surface area (Å²) in [6.07, 6.45) is 3.68. The Hall–Kier alpha value is -2.85. The zero-order valence-electron chi connectivity index (χ0n) is 19.2. The van der Waals surface area contributed by atoms with Crippen molar-refractivity contribution in [2.24, 2.45) is 0 Å². The number of amides is 1. The number of thiophene rings is 1. The van der Waals surface area contributed by atoms with Crippen LogP contribution >= 0.6 is 34.5 Å². The van der Waals surface area contributed by atoms with Gasteiger partial charge >= 0.3 is 0 Å². The average Bonchev–Trinajstić information content (AvgIpc) is 3.30. The highest BCUT2D eigenvalue weighted by atomic mass is 35.5. The molecule has 184 valence electrons. The Morgan fingerprint density at radius 3 is 2.83 bits per heavy atom. The van der Waals surface area contributed by atoms with Crippen LogP contribution in [0.5, 0.6) is 0 Å². The molecular weight excluding hydrogens is 516 g/mol. The Kier molecular flexibility index (Phi) is 6.03. The maximum absolute atomic E-state index is 13.3. The van der Waals surface area contributed by atoms with Crippen molar-refractivity contribution in [3.8, 4) is 11.1 Å². The first-order chi connectivity index (χ1) is 17.4. The van der Waals surface area contributed by atoms with Crippen LogP contribution in [0.1, 0.15) is 52.9 Å². The first-order valence-corrected chi connectivity index (χ1v) is 13.9. The van der Waals surface area contributed by atoms with E-state index in [0.29, 0.717) is 41.4 Å². The second kappa shape index (κ2) is 9.23. The minimum atomic E-state index is -1.34. The van der Waals surface area contributed by atoms with Crippen molar-refractivity contribution in [2.75, 3.05) is 6.54 Å². The molecule has 4 heterocycles. The Bertz CT molecular complexity index is 1490. The number of aliphatic hydroxyl groups excluding tert-OH is 1. The highest BCUT2D eigenvalue weighted by Crippen LogP contribution is 2.54. The number of carbonyl (C=O) groups is 1. The Morgan fingerprint density at radius 2 is 2.08 bits per heavy atom. The van der Waals surface area contributed by atoms with Crippen LogP contribution in [0.4, 0.5) is 0 Å².